The quantitative estimate of drug-likeness (QED) is 0.719. The van der Waals surface area contributed by atoms with E-state index >= 15 is 0 Å². The summed E-state index contributed by atoms with van der Waals surface area (Å²) in [6.45, 7) is 1.93. The van der Waals surface area contributed by atoms with Crippen LogP contribution in [0.15, 0.2) is 47.2 Å². The van der Waals surface area contributed by atoms with E-state index in [9.17, 15) is 14.7 Å². The Morgan fingerprint density at radius 3 is 2.48 bits per heavy atom. The molecule has 2 aromatic heterocycles. The normalized spacial score (nSPS) is 10.5. The Bertz CT molecular complexity index is 866. The molecule has 0 saturated carbocycles. The zero-order valence-electron chi connectivity index (χ0n) is 12.2. The van der Waals surface area contributed by atoms with Crippen LogP contribution < -0.4 is 5.32 Å². The lowest BCUT2D eigenvalue weighted by Crippen LogP contribution is -2.12. The number of hydrogen-bond acceptors (Lipinski definition) is 4. The van der Waals surface area contributed by atoms with Crippen molar-refractivity contribution in [2.75, 3.05) is 5.32 Å². The predicted octanol–water partition coefficient (Wildman–Crippen LogP) is 4.74. The summed E-state index contributed by atoms with van der Waals surface area (Å²) in [4.78, 5) is 24.4. The lowest BCUT2D eigenvalue weighted by molar-refractivity contribution is 0.0699. The van der Waals surface area contributed by atoms with Crippen molar-refractivity contribution in [2.24, 2.45) is 0 Å². The van der Waals surface area contributed by atoms with Crippen LogP contribution in [-0.4, -0.2) is 17.0 Å². The van der Waals surface area contributed by atoms with Gasteiger partial charge in [-0.2, -0.15) is 0 Å². The molecule has 0 aliphatic rings. The smallest absolute Gasteiger partial charge is 0.339 e. The fourth-order valence-electron chi connectivity index (χ4n) is 2.31. The zero-order valence-corrected chi connectivity index (χ0v) is 13.8. The molecule has 0 spiro atoms. The maximum atomic E-state index is 12.2. The van der Waals surface area contributed by atoms with Crippen LogP contribution in [0.4, 0.5) is 5.00 Å². The van der Waals surface area contributed by atoms with E-state index in [0.717, 1.165) is 11.1 Å². The highest BCUT2D eigenvalue weighted by Gasteiger charge is 2.22. The van der Waals surface area contributed by atoms with Gasteiger partial charge in [-0.1, -0.05) is 30.3 Å². The number of aryl methyl sites for hydroxylation is 1. The molecule has 0 aliphatic heterocycles. The summed E-state index contributed by atoms with van der Waals surface area (Å²) in [5, 5.41) is 16.2. The Morgan fingerprint density at radius 2 is 1.83 bits per heavy atom. The maximum Gasteiger partial charge on any atom is 0.339 e. The van der Waals surface area contributed by atoms with E-state index in [4.69, 9.17) is 0 Å². The van der Waals surface area contributed by atoms with Gasteiger partial charge in [0.05, 0.1) is 4.88 Å². The average molecular weight is 343 g/mol. The highest BCUT2D eigenvalue weighted by atomic mass is 32.1. The van der Waals surface area contributed by atoms with Crippen LogP contribution in [0.3, 0.4) is 0 Å². The average Bonchev–Trinajstić information content (AvgIpc) is 3.17. The van der Waals surface area contributed by atoms with Gasteiger partial charge in [0.25, 0.3) is 5.91 Å². The third-order valence-corrected chi connectivity index (χ3v) is 5.18. The molecule has 4 nitrogen and oxygen atoms in total. The molecule has 0 saturated heterocycles. The molecule has 1 amide bonds. The highest BCUT2D eigenvalue weighted by molar-refractivity contribution is 7.15. The van der Waals surface area contributed by atoms with Crippen molar-refractivity contribution in [3.05, 3.63) is 63.2 Å². The van der Waals surface area contributed by atoms with E-state index in [1.165, 1.54) is 22.7 Å². The van der Waals surface area contributed by atoms with Gasteiger partial charge in [0, 0.05) is 10.9 Å². The van der Waals surface area contributed by atoms with Crippen LogP contribution in [0.1, 0.15) is 25.6 Å². The molecular weight excluding hydrogens is 330 g/mol. The Hall–Kier alpha value is -2.44. The SMILES string of the molecule is Cc1ccccc1-c1csc(NC(=O)c2cccs2)c1C(=O)O. The summed E-state index contributed by atoms with van der Waals surface area (Å²) in [5.41, 5.74) is 2.61. The molecule has 116 valence electrons. The van der Waals surface area contributed by atoms with E-state index in [-0.39, 0.29) is 11.5 Å². The number of nitrogens with one attached hydrogen (secondary N) is 1. The van der Waals surface area contributed by atoms with Gasteiger partial charge in [-0.15, -0.1) is 22.7 Å². The van der Waals surface area contributed by atoms with Crippen LogP contribution >= 0.6 is 22.7 Å². The molecule has 0 atom stereocenters. The lowest BCUT2D eigenvalue weighted by Gasteiger charge is -2.07. The summed E-state index contributed by atoms with van der Waals surface area (Å²) in [6, 6.07) is 11.1. The molecule has 2 heterocycles. The number of benzene rings is 1. The van der Waals surface area contributed by atoms with Gasteiger partial charge >= 0.3 is 5.97 Å². The first-order chi connectivity index (χ1) is 11.1. The minimum atomic E-state index is -1.05. The third kappa shape index (κ3) is 3.04. The monoisotopic (exact) mass is 343 g/mol. The number of aromatic carboxylic acids is 1. The zero-order chi connectivity index (χ0) is 16.4. The van der Waals surface area contributed by atoms with Crippen molar-refractivity contribution >= 4 is 39.6 Å². The van der Waals surface area contributed by atoms with E-state index in [0.29, 0.717) is 15.4 Å². The molecule has 0 radical (unpaired) electrons. The van der Waals surface area contributed by atoms with Crippen LogP contribution in [0.5, 0.6) is 0 Å². The Kier molecular flexibility index (Phi) is 4.27. The van der Waals surface area contributed by atoms with E-state index < -0.39 is 5.97 Å². The molecule has 1 aromatic carbocycles. The molecule has 0 aliphatic carbocycles. The van der Waals surface area contributed by atoms with Gasteiger partial charge in [-0.3, -0.25) is 4.79 Å². The molecule has 0 bridgehead atoms. The van der Waals surface area contributed by atoms with Gasteiger partial charge in [0.2, 0.25) is 0 Å². The van der Waals surface area contributed by atoms with Crippen LogP contribution in [0.2, 0.25) is 0 Å². The van der Waals surface area contributed by atoms with Crippen molar-refractivity contribution in [1.29, 1.82) is 0 Å². The lowest BCUT2D eigenvalue weighted by atomic mass is 9.99. The fraction of sp³-hybridized carbons (Fsp3) is 0.0588. The number of carboxylic acids is 1. The number of rotatable bonds is 4. The van der Waals surface area contributed by atoms with Crippen molar-refractivity contribution < 1.29 is 14.7 Å². The Balaban J connectivity index is 2.01. The predicted molar refractivity (Wildman–Crippen MR) is 93.7 cm³/mol. The molecule has 0 fully saturated rings. The number of carboxylic acid groups (broad SMARTS) is 1. The molecule has 2 N–H and O–H groups in total. The first-order valence-corrected chi connectivity index (χ1v) is 8.59. The first-order valence-electron chi connectivity index (χ1n) is 6.83. The Morgan fingerprint density at radius 1 is 1.04 bits per heavy atom. The number of anilines is 1. The number of carbonyl (C=O) groups excluding carboxylic acids is 1. The number of amides is 1. The highest BCUT2D eigenvalue weighted by Crippen LogP contribution is 2.37. The van der Waals surface area contributed by atoms with E-state index in [1.807, 2.05) is 31.2 Å². The van der Waals surface area contributed by atoms with Crippen molar-refractivity contribution in [1.82, 2.24) is 0 Å². The van der Waals surface area contributed by atoms with Crippen molar-refractivity contribution in [2.45, 2.75) is 6.92 Å². The maximum absolute atomic E-state index is 12.2. The van der Waals surface area contributed by atoms with Gasteiger partial charge in [-0.05, 0) is 29.5 Å². The van der Waals surface area contributed by atoms with Crippen LogP contribution in [0, 0.1) is 6.92 Å². The number of hydrogen-bond donors (Lipinski definition) is 2. The summed E-state index contributed by atoms with van der Waals surface area (Å²) in [6.07, 6.45) is 0. The molecule has 6 heteroatoms. The third-order valence-electron chi connectivity index (χ3n) is 3.41. The van der Waals surface area contributed by atoms with Crippen LogP contribution in [0.25, 0.3) is 11.1 Å². The standard InChI is InChI=1S/C17H13NO3S2/c1-10-5-2-3-6-11(10)12-9-23-16(14(12)17(20)21)18-15(19)13-7-4-8-22-13/h2-9H,1H3,(H,18,19)(H,20,21). The van der Waals surface area contributed by atoms with Gasteiger partial charge < -0.3 is 10.4 Å². The summed E-state index contributed by atoms with van der Waals surface area (Å²) in [5.74, 6) is -1.34. The van der Waals surface area contributed by atoms with E-state index in [2.05, 4.69) is 5.32 Å². The minimum Gasteiger partial charge on any atom is -0.478 e. The summed E-state index contributed by atoms with van der Waals surface area (Å²) in [7, 11) is 0. The minimum absolute atomic E-state index is 0.134. The van der Waals surface area contributed by atoms with Crippen molar-refractivity contribution in [3.63, 3.8) is 0 Å². The summed E-state index contributed by atoms with van der Waals surface area (Å²) >= 11 is 2.54. The molecule has 3 aromatic rings. The number of thiophene rings is 2. The van der Waals surface area contributed by atoms with Gasteiger partial charge in [-0.25, -0.2) is 4.79 Å². The second-order valence-electron chi connectivity index (χ2n) is 4.91. The second-order valence-corrected chi connectivity index (χ2v) is 6.73. The first kappa shape index (κ1) is 15.5. The summed E-state index contributed by atoms with van der Waals surface area (Å²) < 4.78 is 0. The van der Waals surface area contributed by atoms with E-state index in [1.54, 1.807) is 22.9 Å². The Labute approximate surface area is 141 Å². The number of carbonyl (C=O) groups is 2. The largest absolute Gasteiger partial charge is 0.478 e. The fourth-order valence-corrected chi connectivity index (χ4v) is 3.87. The molecule has 3 rings (SSSR count). The van der Waals surface area contributed by atoms with Crippen LogP contribution in [-0.2, 0) is 0 Å². The molecular formula is C17H13NO3S2. The van der Waals surface area contributed by atoms with Gasteiger partial charge in [0.1, 0.15) is 10.6 Å². The van der Waals surface area contributed by atoms with Crippen molar-refractivity contribution in [3.8, 4) is 11.1 Å². The molecule has 23 heavy (non-hydrogen) atoms. The second kappa shape index (κ2) is 6.36. The van der Waals surface area contributed by atoms with Gasteiger partial charge in [0.15, 0.2) is 0 Å². The molecule has 0 unspecified atom stereocenters. The topological polar surface area (TPSA) is 66.4 Å².